The Kier molecular flexibility index (Phi) is 3.71. The molecule has 3 rings (SSSR count). The van der Waals surface area contributed by atoms with E-state index in [2.05, 4.69) is 16.9 Å². The summed E-state index contributed by atoms with van der Waals surface area (Å²) >= 11 is 0. The third-order valence-electron chi connectivity index (χ3n) is 3.67. The van der Waals surface area contributed by atoms with Gasteiger partial charge in [-0.2, -0.15) is 5.10 Å². The van der Waals surface area contributed by atoms with Crippen LogP contribution in [0, 0.1) is 0 Å². The highest BCUT2D eigenvalue weighted by Gasteiger charge is 2.22. The summed E-state index contributed by atoms with van der Waals surface area (Å²) in [7, 11) is 1.91. The van der Waals surface area contributed by atoms with E-state index in [-0.39, 0.29) is 6.10 Å². The molecular weight excluding hydrogens is 268 g/mol. The number of hydrogen-bond acceptors (Lipinski definition) is 5. The zero-order valence-corrected chi connectivity index (χ0v) is 13.0. The molecular formula is C15H22N4O2. The Morgan fingerprint density at radius 3 is 2.95 bits per heavy atom. The van der Waals surface area contributed by atoms with Gasteiger partial charge in [-0.1, -0.05) is 0 Å². The molecule has 21 heavy (non-hydrogen) atoms. The Hall–Kier alpha value is -1.82. The normalized spacial score (nSPS) is 19.5. The molecule has 2 aromatic heterocycles. The number of nitrogens with zero attached hydrogens (tertiary/aromatic N) is 4. The maximum atomic E-state index is 5.97. The molecule has 0 radical (unpaired) electrons. The number of pyridine rings is 1. The van der Waals surface area contributed by atoms with Gasteiger partial charge >= 0.3 is 0 Å². The Morgan fingerprint density at radius 1 is 1.43 bits per heavy atom. The summed E-state index contributed by atoms with van der Waals surface area (Å²) in [5, 5.41) is 4.30. The van der Waals surface area contributed by atoms with Crippen LogP contribution in [0.4, 0.5) is 5.82 Å². The molecule has 0 amide bonds. The van der Waals surface area contributed by atoms with E-state index >= 15 is 0 Å². The lowest BCUT2D eigenvalue weighted by molar-refractivity contribution is 0.0985. The van der Waals surface area contributed by atoms with Gasteiger partial charge in [0.2, 0.25) is 0 Å². The molecule has 3 heterocycles. The molecule has 0 bridgehead atoms. The van der Waals surface area contributed by atoms with E-state index in [0.717, 1.165) is 42.4 Å². The summed E-state index contributed by atoms with van der Waals surface area (Å²) in [6.07, 6.45) is 1.90. The number of anilines is 1. The fourth-order valence-electron chi connectivity index (χ4n) is 2.69. The first kappa shape index (κ1) is 14.1. The van der Waals surface area contributed by atoms with Crippen molar-refractivity contribution in [1.82, 2.24) is 14.8 Å². The number of morpholine rings is 1. The number of hydrogen-bond donors (Lipinski definition) is 0. The minimum absolute atomic E-state index is 0.112. The second-order valence-electron chi connectivity index (χ2n) is 5.76. The molecule has 0 unspecified atom stereocenters. The van der Waals surface area contributed by atoms with Crippen LogP contribution in [0.1, 0.15) is 20.8 Å². The Morgan fingerprint density at radius 2 is 2.24 bits per heavy atom. The second-order valence-corrected chi connectivity index (χ2v) is 5.76. The van der Waals surface area contributed by atoms with Crippen molar-refractivity contribution in [3.63, 3.8) is 0 Å². The van der Waals surface area contributed by atoms with Gasteiger partial charge in [-0.15, -0.1) is 0 Å². The lowest BCUT2D eigenvalue weighted by Gasteiger charge is -2.34. The molecule has 0 N–H and O–H groups in total. The number of rotatable bonds is 3. The van der Waals surface area contributed by atoms with Gasteiger partial charge < -0.3 is 14.4 Å². The van der Waals surface area contributed by atoms with Gasteiger partial charge in [0, 0.05) is 19.7 Å². The largest absolute Gasteiger partial charge is 0.489 e. The predicted octanol–water partition coefficient (Wildman–Crippen LogP) is 1.98. The third kappa shape index (κ3) is 2.68. The van der Waals surface area contributed by atoms with Crippen LogP contribution >= 0.6 is 0 Å². The first-order valence-corrected chi connectivity index (χ1v) is 7.40. The summed E-state index contributed by atoms with van der Waals surface area (Å²) in [5.41, 5.74) is 1.80. The van der Waals surface area contributed by atoms with Crippen LogP contribution in [0.5, 0.6) is 5.75 Å². The van der Waals surface area contributed by atoms with E-state index in [0.29, 0.717) is 6.04 Å². The van der Waals surface area contributed by atoms with E-state index in [1.807, 2.05) is 31.6 Å². The van der Waals surface area contributed by atoms with Crippen molar-refractivity contribution in [3.8, 4) is 5.75 Å². The van der Waals surface area contributed by atoms with Crippen molar-refractivity contribution in [2.75, 3.05) is 24.7 Å². The van der Waals surface area contributed by atoms with E-state index < -0.39 is 0 Å². The molecule has 114 valence electrons. The van der Waals surface area contributed by atoms with Crippen LogP contribution in [0.2, 0.25) is 0 Å². The fraction of sp³-hybridized carbons (Fsp3) is 0.600. The number of aromatic nitrogens is 3. The smallest absolute Gasteiger partial charge is 0.150 e. The predicted molar refractivity (Wildman–Crippen MR) is 81.9 cm³/mol. The zero-order valence-electron chi connectivity index (χ0n) is 13.0. The van der Waals surface area contributed by atoms with Crippen LogP contribution in [-0.2, 0) is 11.8 Å². The second kappa shape index (κ2) is 5.52. The molecule has 0 aromatic carbocycles. The molecule has 2 aromatic rings. The van der Waals surface area contributed by atoms with Gasteiger partial charge in [-0.3, -0.25) is 4.68 Å². The lowest BCUT2D eigenvalue weighted by Crippen LogP contribution is -2.44. The molecule has 0 saturated carbocycles. The molecule has 6 heteroatoms. The SMILES string of the molecule is CC(C)Oc1cc(N2CCOC[C@H]2C)nc2cnn(C)c12. The van der Waals surface area contributed by atoms with Crippen LogP contribution < -0.4 is 9.64 Å². The number of ether oxygens (including phenoxy) is 2. The molecule has 1 atom stereocenters. The van der Waals surface area contributed by atoms with Crippen molar-refractivity contribution in [1.29, 1.82) is 0 Å². The van der Waals surface area contributed by atoms with Gasteiger partial charge in [-0.05, 0) is 20.8 Å². The maximum absolute atomic E-state index is 5.97. The quantitative estimate of drug-likeness (QED) is 0.865. The van der Waals surface area contributed by atoms with Gasteiger partial charge in [0.25, 0.3) is 0 Å². The highest BCUT2D eigenvalue weighted by molar-refractivity contribution is 5.83. The third-order valence-corrected chi connectivity index (χ3v) is 3.67. The van der Waals surface area contributed by atoms with Crippen molar-refractivity contribution in [3.05, 3.63) is 12.3 Å². The van der Waals surface area contributed by atoms with E-state index in [1.165, 1.54) is 0 Å². The average molecular weight is 290 g/mol. The summed E-state index contributed by atoms with van der Waals surface area (Å²) in [6, 6.07) is 2.33. The number of aryl methyl sites for hydroxylation is 1. The molecule has 1 fully saturated rings. The van der Waals surface area contributed by atoms with E-state index in [9.17, 15) is 0 Å². The molecule has 0 aliphatic carbocycles. The Labute approximate surface area is 124 Å². The van der Waals surface area contributed by atoms with E-state index in [1.54, 1.807) is 6.20 Å². The van der Waals surface area contributed by atoms with E-state index in [4.69, 9.17) is 14.5 Å². The first-order valence-electron chi connectivity index (χ1n) is 7.40. The lowest BCUT2D eigenvalue weighted by atomic mass is 10.2. The number of fused-ring (bicyclic) bond motifs is 1. The van der Waals surface area contributed by atoms with Gasteiger partial charge in [0.1, 0.15) is 16.9 Å². The Bertz CT molecular complexity index is 638. The average Bonchev–Trinajstić information content (AvgIpc) is 2.80. The van der Waals surface area contributed by atoms with Crippen molar-refractivity contribution in [2.45, 2.75) is 32.9 Å². The van der Waals surface area contributed by atoms with Crippen LogP contribution in [0.25, 0.3) is 11.0 Å². The minimum atomic E-state index is 0.112. The van der Waals surface area contributed by atoms with Crippen molar-refractivity contribution in [2.24, 2.45) is 7.05 Å². The zero-order chi connectivity index (χ0) is 15.0. The van der Waals surface area contributed by atoms with Crippen LogP contribution in [0.3, 0.4) is 0 Å². The van der Waals surface area contributed by atoms with Gasteiger partial charge in [0.15, 0.2) is 5.75 Å². The summed E-state index contributed by atoms with van der Waals surface area (Å²) in [5.74, 6) is 1.77. The highest BCUT2D eigenvalue weighted by Crippen LogP contribution is 2.30. The standard InChI is InChI=1S/C15H22N4O2/c1-10(2)21-13-7-14(19-5-6-20-9-11(19)3)17-12-8-16-18(4)15(12)13/h7-8,10-11H,5-6,9H2,1-4H3/t11-/m1/s1. The monoisotopic (exact) mass is 290 g/mol. The Balaban J connectivity index is 2.07. The van der Waals surface area contributed by atoms with Crippen LogP contribution in [-0.4, -0.2) is 46.7 Å². The van der Waals surface area contributed by atoms with Crippen LogP contribution in [0.15, 0.2) is 12.3 Å². The van der Waals surface area contributed by atoms with Crippen molar-refractivity contribution < 1.29 is 9.47 Å². The van der Waals surface area contributed by atoms with Crippen molar-refractivity contribution >= 4 is 16.9 Å². The van der Waals surface area contributed by atoms with Gasteiger partial charge in [0.05, 0.1) is 31.6 Å². The highest BCUT2D eigenvalue weighted by atomic mass is 16.5. The molecule has 1 aliphatic heterocycles. The summed E-state index contributed by atoms with van der Waals surface area (Å²) in [6.45, 7) is 8.52. The fourth-order valence-corrected chi connectivity index (χ4v) is 2.69. The topological polar surface area (TPSA) is 52.4 Å². The molecule has 1 saturated heterocycles. The molecule has 1 aliphatic rings. The first-order chi connectivity index (χ1) is 10.1. The minimum Gasteiger partial charge on any atom is -0.489 e. The molecule has 6 nitrogen and oxygen atoms in total. The maximum Gasteiger partial charge on any atom is 0.150 e. The summed E-state index contributed by atoms with van der Waals surface area (Å²) in [4.78, 5) is 7.01. The molecule has 0 spiro atoms. The van der Waals surface area contributed by atoms with Gasteiger partial charge in [-0.25, -0.2) is 4.98 Å². The summed E-state index contributed by atoms with van der Waals surface area (Å²) < 4.78 is 13.3.